The molecule has 1 heterocycles. The second-order valence-corrected chi connectivity index (χ2v) is 4.93. The number of hydrogen-bond acceptors (Lipinski definition) is 1. The lowest BCUT2D eigenvalue weighted by Gasteiger charge is -2.28. The van der Waals surface area contributed by atoms with Gasteiger partial charge in [0, 0.05) is 0 Å². The molecule has 0 saturated carbocycles. The van der Waals surface area contributed by atoms with Crippen LogP contribution in [0, 0.1) is 5.92 Å². The molecule has 80 valence electrons. The summed E-state index contributed by atoms with van der Waals surface area (Å²) in [6.45, 7) is 2.45. The maximum Gasteiger partial charge on any atom is -0.00461 e. The number of nitrogens with one attached hydrogen (secondary N) is 1. The van der Waals surface area contributed by atoms with Crippen LogP contribution in [0.3, 0.4) is 0 Å². The molecule has 3 rings (SSSR count). The Morgan fingerprint density at radius 2 is 1.80 bits per heavy atom. The molecule has 0 bridgehead atoms. The molecule has 1 fully saturated rings. The molecule has 1 aliphatic carbocycles. The third kappa shape index (κ3) is 1.69. The molecule has 1 nitrogen and oxygen atoms in total. The van der Waals surface area contributed by atoms with E-state index in [0.29, 0.717) is 0 Å². The second kappa shape index (κ2) is 3.97. The van der Waals surface area contributed by atoms with Gasteiger partial charge in [0.1, 0.15) is 0 Å². The summed E-state index contributed by atoms with van der Waals surface area (Å²) in [7, 11) is 0. The molecule has 1 N–H and O–H groups in total. The van der Waals surface area contributed by atoms with E-state index >= 15 is 0 Å². The van der Waals surface area contributed by atoms with Crippen molar-refractivity contribution in [3.8, 4) is 0 Å². The predicted octanol–water partition coefficient (Wildman–Crippen LogP) is 2.72. The molecule has 1 aromatic carbocycles. The summed E-state index contributed by atoms with van der Waals surface area (Å²) in [6.07, 6.45) is 5.45. The topological polar surface area (TPSA) is 12.0 Å². The summed E-state index contributed by atoms with van der Waals surface area (Å²) in [4.78, 5) is 0. The zero-order valence-electron chi connectivity index (χ0n) is 9.21. The lowest BCUT2D eigenvalue weighted by molar-refractivity contribution is 0.317. The van der Waals surface area contributed by atoms with Crippen molar-refractivity contribution in [2.24, 2.45) is 5.92 Å². The SMILES string of the molecule is c1ccc2c(c1)CC[C@@H]2C1CCNCC1. The molecule has 0 spiro atoms. The summed E-state index contributed by atoms with van der Waals surface area (Å²) in [6, 6.07) is 9.06. The third-order valence-corrected chi connectivity index (χ3v) is 4.13. The highest BCUT2D eigenvalue weighted by Gasteiger charge is 2.29. The van der Waals surface area contributed by atoms with E-state index in [0.717, 1.165) is 11.8 Å². The minimum Gasteiger partial charge on any atom is -0.317 e. The van der Waals surface area contributed by atoms with Gasteiger partial charge in [-0.1, -0.05) is 24.3 Å². The number of aryl methyl sites for hydroxylation is 1. The normalized spacial score (nSPS) is 26.5. The quantitative estimate of drug-likeness (QED) is 0.736. The van der Waals surface area contributed by atoms with Crippen LogP contribution in [0.15, 0.2) is 24.3 Å². The fraction of sp³-hybridized carbons (Fsp3) is 0.571. The van der Waals surface area contributed by atoms with Gasteiger partial charge in [-0.2, -0.15) is 0 Å². The van der Waals surface area contributed by atoms with Crippen LogP contribution >= 0.6 is 0 Å². The van der Waals surface area contributed by atoms with Crippen molar-refractivity contribution in [3.63, 3.8) is 0 Å². The molecule has 1 aliphatic heterocycles. The van der Waals surface area contributed by atoms with Gasteiger partial charge < -0.3 is 5.32 Å². The van der Waals surface area contributed by atoms with Crippen LogP contribution in [0.5, 0.6) is 0 Å². The van der Waals surface area contributed by atoms with E-state index in [9.17, 15) is 0 Å². The molecule has 1 saturated heterocycles. The Kier molecular flexibility index (Phi) is 2.49. The van der Waals surface area contributed by atoms with Crippen LogP contribution in [0.4, 0.5) is 0 Å². The zero-order chi connectivity index (χ0) is 10.1. The summed E-state index contributed by atoms with van der Waals surface area (Å²) >= 11 is 0. The fourth-order valence-corrected chi connectivity index (χ4v) is 3.33. The summed E-state index contributed by atoms with van der Waals surface area (Å²) < 4.78 is 0. The Hall–Kier alpha value is -0.820. The molecule has 1 atom stereocenters. The summed E-state index contributed by atoms with van der Waals surface area (Å²) in [5.74, 6) is 1.80. The van der Waals surface area contributed by atoms with Gasteiger partial charge in [-0.05, 0) is 61.7 Å². The van der Waals surface area contributed by atoms with E-state index in [1.165, 1.54) is 38.8 Å². The Morgan fingerprint density at radius 3 is 2.67 bits per heavy atom. The highest BCUT2D eigenvalue weighted by atomic mass is 14.9. The van der Waals surface area contributed by atoms with Gasteiger partial charge in [0.15, 0.2) is 0 Å². The van der Waals surface area contributed by atoms with Gasteiger partial charge in [0.05, 0.1) is 0 Å². The molecule has 1 aromatic rings. The number of benzene rings is 1. The Bertz CT molecular complexity index is 339. The first-order valence-electron chi connectivity index (χ1n) is 6.23. The van der Waals surface area contributed by atoms with Crippen LogP contribution in [0.25, 0.3) is 0 Å². The van der Waals surface area contributed by atoms with Gasteiger partial charge in [0.2, 0.25) is 0 Å². The van der Waals surface area contributed by atoms with Crippen LogP contribution < -0.4 is 5.32 Å². The molecule has 2 aliphatic rings. The predicted molar refractivity (Wildman–Crippen MR) is 63.1 cm³/mol. The van der Waals surface area contributed by atoms with E-state index in [-0.39, 0.29) is 0 Å². The largest absolute Gasteiger partial charge is 0.317 e. The standard InChI is InChI=1S/C14H19N/c1-2-4-13-11(3-1)5-6-14(13)12-7-9-15-10-8-12/h1-4,12,14-15H,5-10H2/t14-/m1/s1. The number of rotatable bonds is 1. The van der Waals surface area contributed by atoms with Gasteiger partial charge >= 0.3 is 0 Å². The van der Waals surface area contributed by atoms with Crippen molar-refractivity contribution >= 4 is 0 Å². The molecule has 0 radical (unpaired) electrons. The molecular formula is C14H19N. The number of piperidine rings is 1. The third-order valence-electron chi connectivity index (χ3n) is 4.13. The minimum absolute atomic E-state index is 0.864. The molecule has 15 heavy (non-hydrogen) atoms. The van der Waals surface area contributed by atoms with Crippen molar-refractivity contribution < 1.29 is 0 Å². The van der Waals surface area contributed by atoms with E-state index in [1.54, 1.807) is 11.1 Å². The fourth-order valence-electron chi connectivity index (χ4n) is 3.33. The average Bonchev–Trinajstić information content (AvgIpc) is 2.74. The Labute approximate surface area is 91.9 Å². The molecule has 0 amide bonds. The summed E-state index contributed by atoms with van der Waals surface area (Å²) in [5, 5.41) is 3.46. The summed E-state index contributed by atoms with van der Waals surface area (Å²) in [5.41, 5.74) is 3.27. The van der Waals surface area contributed by atoms with Gasteiger partial charge in [-0.25, -0.2) is 0 Å². The smallest absolute Gasteiger partial charge is 0.00461 e. The molecular weight excluding hydrogens is 182 g/mol. The van der Waals surface area contributed by atoms with E-state index in [1.807, 2.05) is 0 Å². The maximum absolute atomic E-state index is 3.46. The second-order valence-electron chi connectivity index (χ2n) is 4.93. The monoisotopic (exact) mass is 201 g/mol. The Morgan fingerprint density at radius 1 is 1.00 bits per heavy atom. The molecule has 0 aromatic heterocycles. The first-order valence-corrected chi connectivity index (χ1v) is 6.23. The van der Waals surface area contributed by atoms with Crippen LogP contribution in [-0.4, -0.2) is 13.1 Å². The molecule has 0 unspecified atom stereocenters. The average molecular weight is 201 g/mol. The van der Waals surface area contributed by atoms with Gasteiger partial charge in [-0.15, -0.1) is 0 Å². The first kappa shape index (κ1) is 9.41. The number of hydrogen-bond donors (Lipinski definition) is 1. The van der Waals surface area contributed by atoms with Crippen molar-refractivity contribution in [1.29, 1.82) is 0 Å². The van der Waals surface area contributed by atoms with Crippen molar-refractivity contribution in [2.75, 3.05) is 13.1 Å². The molecule has 1 heteroatoms. The minimum atomic E-state index is 0.864. The van der Waals surface area contributed by atoms with E-state index in [2.05, 4.69) is 29.6 Å². The lowest BCUT2D eigenvalue weighted by Crippen LogP contribution is -2.30. The van der Waals surface area contributed by atoms with E-state index in [4.69, 9.17) is 0 Å². The van der Waals surface area contributed by atoms with Crippen LogP contribution in [0.2, 0.25) is 0 Å². The highest BCUT2D eigenvalue weighted by molar-refractivity contribution is 5.35. The maximum atomic E-state index is 3.46. The van der Waals surface area contributed by atoms with Crippen LogP contribution in [-0.2, 0) is 6.42 Å². The van der Waals surface area contributed by atoms with Crippen LogP contribution in [0.1, 0.15) is 36.3 Å². The van der Waals surface area contributed by atoms with Crippen molar-refractivity contribution in [2.45, 2.75) is 31.6 Å². The highest BCUT2D eigenvalue weighted by Crippen LogP contribution is 2.41. The van der Waals surface area contributed by atoms with Crippen molar-refractivity contribution in [1.82, 2.24) is 5.32 Å². The van der Waals surface area contributed by atoms with Gasteiger partial charge in [0.25, 0.3) is 0 Å². The van der Waals surface area contributed by atoms with E-state index < -0.39 is 0 Å². The first-order chi connectivity index (χ1) is 7.45. The lowest BCUT2D eigenvalue weighted by atomic mass is 9.81. The number of fused-ring (bicyclic) bond motifs is 1. The zero-order valence-corrected chi connectivity index (χ0v) is 9.21. The van der Waals surface area contributed by atoms with Crippen molar-refractivity contribution in [3.05, 3.63) is 35.4 Å². The van der Waals surface area contributed by atoms with Gasteiger partial charge in [-0.3, -0.25) is 0 Å². The Balaban J connectivity index is 1.83.